The van der Waals surface area contributed by atoms with Crippen molar-refractivity contribution in [2.75, 3.05) is 13.7 Å². The Morgan fingerprint density at radius 3 is 2.35 bits per heavy atom. The maximum absolute atomic E-state index is 13.3. The summed E-state index contributed by atoms with van der Waals surface area (Å²) in [5.74, 6) is -1.35. The predicted octanol–water partition coefficient (Wildman–Crippen LogP) is 3.46. The van der Waals surface area contributed by atoms with E-state index in [1.54, 1.807) is 19.2 Å². The van der Waals surface area contributed by atoms with E-state index in [4.69, 9.17) is 15.2 Å². The summed E-state index contributed by atoms with van der Waals surface area (Å²) in [6.07, 6.45) is 0.215. The molecule has 0 aromatic heterocycles. The molecule has 20 heavy (non-hydrogen) atoms. The number of nitrogens with two attached hydrogens (primary N) is 1. The number of methoxy groups -OCH3 is 1. The Morgan fingerprint density at radius 1 is 1.15 bits per heavy atom. The van der Waals surface area contributed by atoms with Crippen LogP contribution < -0.4 is 15.2 Å². The van der Waals surface area contributed by atoms with Crippen molar-refractivity contribution in [3.8, 4) is 11.5 Å². The minimum atomic E-state index is -2.59. The van der Waals surface area contributed by atoms with Gasteiger partial charge >= 0.3 is 0 Å². The molecule has 2 rings (SSSR count). The molecule has 5 heteroatoms. The lowest BCUT2D eigenvalue weighted by atomic mass is 9.76. The van der Waals surface area contributed by atoms with E-state index in [0.717, 1.165) is 5.56 Å². The summed E-state index contributed by atoms with van der Waals surface area (Å²) in [6, 6.07) is 5.43. The van der Waals surface area contributed by atoms with Crippen molar-refractivity contribution >= 4 is 0 Å². The van der Waals surface area contributed by atoms with Crippen LogP contribution in [-0.4, -0.2) is 19.6 Å². The lowest BCUT2D eigenvalue weighted by molar-refractivity contribution is -0.0514. The molecule has 1 saturated carbocycles. The standard InChI is InChI=1S/C15H21F2NO2/c1-3-20-12-5-4-11(10-13(12)19-2)14(18)6-8-15(16,17)9-7-14/h4-5,10H,3,6-9,18H2,1-2H3. The van der Waals surface area contributed by atoms with Gasteiger partial charge in [0.25, 0.3) is 0 Å². The molecule has 0 bridgehead atoms. The van der Waals surface area contributed by atoms with Crippen LogP contribution in [0.25, 0.3) is 0 Å². The predicted molar refractivity (Wildman–Crippen MR) is 73.4 cm³/mol. The van der Waals surface area contributed by atoms with Gasteiger partial charge in [-0.1, -0.05) is 6.07 Å². The summed E-state index contributed by atoms with van der Waals surface area (Å²) in [7, 11) is 1.56. The molecule has 0 radical (unpaired) electrons. The monoisotopic (exact) mass is 285 g/mol. The lowest BCUT2D eigenvalue weighted by Crippen LogP contribution is -2.43. The summed E-state index contributed by atoms with van der Waals surface area (Å²) < 4.78 is 37.3. The average Bonchev–Trinajstić information content (AvgIpc) is 2.43. The van der Waals surface area contributed by atoms with Gasteiger partial charge in [0.1, 0.15) is 0 Å². The van der Waals surface area contributed by atoms with E-state index in [1.165, 1.54) is 0 Å². The van der Waals surface area contributed by atoms with Crippen molar-refractivity contribution in [1.29, 1.82) is 0 Å². The Bertz CT molecular complexity index is 467. The van der Waals surface area contributed by atoms with Crippen LogP contribution in [0, 0.1) is 0 Å². The minimum Gasteiger partial charge on any atom is -0.493 e. The first-order chi connectivity index (χ1) is 9.40. The molecule has 1 fully saturated rings. The zero-order chi connectivity index (χ0) is 14.8. The number of hydrogen-bond donors (Lipinski definition) is 1. The third-order valence-electron chi connectivity index (χ3n) is 3.91. The van der Waals surface area contributed by atoms with Gasteiger partial charge in [-0.15, -0.1) is 0 Å². The molecule has 1 aliphatic rings. The van der Waals surface area contributed by atoms with Crippen molar-refractivity contribution in [3.05, 3.63) is 23.8 Å². The fraction of sp³-hybridized carbons (Fsp3) is 0.600. The second-order valence-electron chi connectivity index (χ2n) is 5.31. The largest absolute Gasteiger partial charge is 0.493 e. The molecule has 0 heterocycles. The van der Waals surface area contributed by atoms with Gasteiger partial charge in [-0.25, -0.2) is 8.78 Å². The summed E-state index contributed by atoms with van der Waals surface area (Å²) >= 11 is 0. The Hall–Kier alpha value is -1.36. The van der Waals surface area contributed by atoms with Crippen LogP contribution in [-0.2, 0) is 5.54 Å². The number of hydrogen-bond acceptors (Lipinski definition) is 3. The zero-order valence-electron chi connectivity index (χ0n) is 11.9. The number of ether oxygens (including phenoxy) is 2. The molecule has 1 aliphatic carbocycles. The molecule has 0 atom stereocenters. The van der Waals surface area contributed by atoms with Crippen molar-refractivity contribution in [2.45, 2.75) is 44.1 Å². The Kier molecular flexibility index (Phi) is 4.18. The zero-order valence-corrected chi connectivity index (χ0v) is 11.9. The molecule has 0 aliphatic heterocycles. The smallest absolute Gasteiger partial charge is 0.248 e. The average molecular weight is 285 g/mol. The number of halogens is 2. The first-order valence-electron chi connectivity index (χ1n) is 6.88. The topological polar surface area (TPSA) is 44.5 Å². The van der Waals surface area contributed by atoms with Crippen molar-refractivity contribution in [1.82, 2.24) is 0 Å². The van der Waals surface area contributed by atoms with Gasteiger partial charge < -0.3 is 15.2 Å². The van der Waals surface area contributed by atoms with Gasteiger partial charge in [-0.3, -0.25) is 0 Å². The van der Waals surface area contributed by atoms with Crippen LogP contribution >= 0.6 is 0 Å². The third kappa shape index (κ3) is 3.03. The third-order valence-corrected chi connectivity index (χ3v) is 3.91. The number of benzene rings is 1. The molecular formula is C15H21F2NO2. The molecule has 112 valence electrons. The van der Waals surface area contributed by atoms with E-state index in [0.29, 0.717) is 18.1 Å². The summed E-state index contributed by atoms with van der Waals surface area (Å²) in [6.45, 7) is 2.43. The summed E-state index contributed by atoms with van der Waals surface area (Å²) in [4.78, 5) is 0. The quantitative estimate of drug-likeness (QED) is 0.921. The fourth-order valence-electron chi connectivity index (χ4n) is 2.60. The molecular weight excluding hydrogens is 264 g/mol. The molecule has 2 N–H and O–H groups in total. The van der Waals surface area contributed by atoms with Crippen molar-refractivity contribution < 1.29 is 18.3 Å². The highest BCUT2D eigenvalue weighted by Gasteiger charge is 2.42. The van der Waals surface area contributed by atoms with E-state index < -0.39 is 11.5 Å². The van der Waals surface area contributed by atoms with Crippen LogP contribution in [0.3, 0.4) is 0 Å². The summed E-state index contributed by atoms with van der Waals surface area (Å²) in [5.41, 5.74) is 6.44. The highest BCUT2D eigenvalue weighted by molar-refractivity contribution is 5.45. The molecule has 0 spiro atoms. The van der Waals surface area contributed by atoms with Gasteiger partial charge in [0.2, 0.25) is 5.92 Å². The first kappa shape index (κ1) is 15.0. The Labute approximate surface area is 118 Å². The van der Waals surface area contributed by atoms with Crippen molar-refractivity contribution in [3.63, 3.8) is 0 Å². The van der Waals surface area contributed by atoms with Crippen LogP contribution in [0.4, 0.5) is 8.78 Å². The lowest BCUT2D eigenvalue weighted by Gasteiger charge is -2.37. The maximum atomic E-state index is 13.3. The second kappa shape index (κ2) is 5.56. The minimum absolute atomic E-state index is 0.168. The van der Waals surface area contributed by atoms with Crippen molar-refractivity contribution in [2.24, 2.45) is 5.73 Å². The number of alkyl halides is 2. The Morgan fingerprint density at radius 2 is 1.80 bits per heavy atom. The van der Waals surface area contributed by atoms with Crippen LogP contribution in [0.5, 0.6) is 11.5 Å². The molecule has 1 aromatic carbocycles. The van der Waals surface area contributed by atoms with Gasteiger partial charge in [0.15, 0.2) is 11.5 Å². The highest BCUT2D eigenvalue weighted by Crippen LogP contribution is 2.43. The molecule has 0 saturated heterocycles. The molecule has 0 unspecified atom stereocenters. The van der Waals surface area contributed by atoms with Crippen LogP contribution in [0.2, 0.25) is 0 Å². The van der Waals surface area contributed by atoms with Crippen LogP contribution in [0.1, 0.15) is 38.2 Å². The van der Waals surface area contributed by atoms with E-state index in [9.17, 15) is 8.78 Å². The van der Waals surface area contributed by atoms with Gasteiger partial charge in [0, 0.05) is 18.4 Å². The Balaban J connectivity index is 2.24. The second-order valence-corrected chi connectivity index (χ2v) is 5.31. The molecule has 0 amide bonds. The van der Waals surface area contributed by atoms with E-state index >= 15 is 0 Å². The summed E-state index contributed by atoms with van der Waals surface area (Å²) in [5, 5.41) is 0. The van der Waals surface area contributed by atoms with E-state index in [1.807, 2.05) is 13.0 Å². The normalized spacial score (nSPS) is 20.4. The molecule has 1 aromatic rings. The van der Waals surface area contributed by atoms with Gasteiger partial charge in [-0.05, 0) is 37.5 Å². The first-order valence-corrected chi connectivity index (χ1v) is 6.88. The van der Waals surface area contributed by atoms with E-state index in [2.05, 4.69) is 0 Å². The van der Waals surface area contributed by atoms with Crippen LogP contribution in [0.15, 0.2) is 18.2 Å². The maximum Gasteiger partial charge on any atom is 0.248 e. The number of rotatable bonds is 4. The highest BCUT2D eigenvalue weighted by atomic mass is 19.3. The van der Waals surface area contributed by atoms with Gasteiger partial charge in [0.05, 0.1) is 13.7 Å². The van der Waals surface area contributed by atoms with E-state index in [-0.39, 0.29) is 25.7 Å². The SMILES string of the molecule is CCOc1ccc(C2(N)CCC(F)(F)CC2)cc1OC. The van der Waals surface area contributed by atoms with Gasteiger partial charge in [-0.2, -0.15) is 0 Å². The fourth-order valence-corrected chi connectivity index (χ4v) is 2.60. The molecule has 3 nitrogen and oxygen atoms in total.